The van der Waals surface area contributed by atoms with E-state index in [1.165, 1.54) is 20.9 Å². The summed E-state index contributed by atoms with van der Waals surface area (Å²) in [6.45, 7) is 5.12. The Hall–Kier alpha value is -2.87. The van der Waals surface area contributed by atoms with E-state index in [-0.39, 0.29) is 52.4 Å². The van der Waals surface area contributed by atoms with E-state index in [0.717, 1.165) is 30.0 Å². The monoisotopic (exact) mass is 589 g/mol. The number of carbonyl (C=O) groups is 2. The van der Waals surface area contributed by atoms with Crippen LogP contribution in [0, 0.1) is 0 Å². The third kappa shape index (κ3) is 5.65. The van der Waals surface area contributed by atoms with Gasteiger partial charge >= 0.3 is 6.18 Å². The molecule has 1 aliphatic carbocycles. The van der Waals surface area contributed by atoms with Gasteiger partial charge in [0.1, 0.15) is 17.1 Å². The van der Waals surface area contributed by atoms with Crippen LogP contribution in [-0.4, -0.2) is 75.3 Å². The fraction of sp³-hybridized carbons (Fsp3) is 0.615. The molecule has 3 heterocycles. The number of hydrogen-bond acceptors (Lipinski definition) is 7. The van der Waals surface area contributed by atoms with Crippen molar-refractivity contribution in [3.63, 3.8) is 0 Å². The van der Waals surface area contributed by atoms with Crippen molar-refractivity contribution in [3.8, 4) is 10.4 Å². The van der Waals surface area contributed by atoms with Crippen LogP contribution >= 0.6 is 11.3 Å². The predicted octanol–water partition coefficient (Wildman–Crippen LogP) is 5.19. The molecule has 0 spiro atoms. The number of alkyl halides is 5. The summed E-state index contributed by atoms with van der Waals surface area (Å²) in [5, 5.41) is 12.3. The van der Waals surface area contributed by atoms with Gasteiger partial charge < -0.3 is 20.2 Å². The van der Waals surface area contributed by atoms with E-state index >= 15 is 0 Å². The van der Waals surface area contributed by atoms with Gasteiger partial charge in [-0.1, -0.05) is 0 Å². The van der Waals surface area contributed by atoms with Crippen LogP contribution in [0.4, 0.5) is 27.8 Å². The Labute approximate surface area is 232 Å². The summed E-state index contributed by atoms with van der Waals surface area (Å²) < 4.78 is 70.6. The first-order valence-electron chi connectivity index (χ1n) is 13.0. The van der Waals surface area contributed by atoms with E-state index in [4.69, 9.17) is 0 Å². The van der Waals surface area contributed by atoms with Crippen LogP contribution in [-0.2, 0) is 0 Å². The summed E-state index contributed by atoms with van der Waals surface area (Å²) in [6, 6.07) is 0.783. The van der Waals surface area contributed by atoms with Gasteiger partial charge in [0.05, 0.1) is 10.5 Å². The molecule has 0 radical (unpaired) electrons. The van der Waals surface area contributed by atoms with Crippen LogP contribution in [0.2, 0.25) is 0 Å². The Morgan fingerprint density at radius 2 is 1.95 bits per heavy atom. The number of halogens is 5. The van der Waals surface area contributed by atoms with Crippen molar-refractivity contribution < 1.29 is 36.6 Å². The van der Waals surface area contributed by atoms with Crippen molar-refractivity contribution in [2.45, 2.75) is 82.7 Å². The summed E-state index contributed by atoms with van der Waals surface area (Å²) >= 11 is 0.712. The van der Waals surface area contributed by atoms with Crippen LogP contribution in [0.15, 0.2) is 12.3 Å². The molecule has 4 rings (SSSR count). The summed E-state index contributed by atoms with van der Waals surface area (Å²) in [4.78, 5) is 37.1. The zero-order valence-electron chi connectivity index (χ0n) is 22.6. The van der Waals surface area contributed by atoms with E-state index in [0.29, 0.717) is 24.3 Å². The van der Waals surface area contributed by atoms with Gasteiger partial charge in [0, 0.05) is 43.5 Å². The van der Waals surface area contributed by atoms with Crippen molar-refractivity contribution in [2.75, 3.05) is 25.0 Å². The van der Waals surface area contributed by atoms with Gasteiger partial charge in [0.15, 0.2) is 5.01 Å². The Morgan fingerprint density at radius 1 is 1.27 bits per heavy atom. The van der Waals surface area contributed by atoms with Gasteiger partial charge in [-0.05, 0) is 58.9 Å². The SMILES string of the molecule is C[C@H]1CCCN1C(=O)c1nc(C(=O)NCC(C)(C)O)sc1-c1cnc(N(C)C2(C(F)(F)F)CCC2)cc1C(F)F. The molecule has 0 aromatic carbocycles. The largest absolute Gasteiger partial charge is 0.411 e. The van der Waals surface area contributed by atoms with Gasteiger partial charge in [-0.25, -0.2) is 18.7 Å². The van der Waals surface area contributed by atoms with E-state index in [1.54, 1.807) is 4.90 Å². The molecule has 2 aromatic heterocycles. The number of aromatic nitrogens is 2. The number of rotatable bonds is 8. The summed E-state index contributed by atoms with van der Waals surface area (Å²) in [5.74, 6) is -1.52. The second-order valence-electron chi connectivity index (χ2n) is 11.1. The number of nitrogens with one attached hydrogen (secondary N) is 1. The fourth-order valence-corrected chi connectivity index (χ4v) is 6.05. The smallest absolute Gasteiger partial charge is 0.389 e. The lowest BCUT2D eigenvalue weighted by Gasteiger charge is -2.49. The molecule has 1 atom stereocenters. The molecule has 1 saturated heterocycles. The van der Waals surface area contributed by atoms with Crippen LogP contribution in [0.5, 0.6) is 0 Å². The van der Waals surface area contributed by atoms with Gasteiger partial charge in [0.25, 0.3) is 18.2 Å². The molecule has 8 nitrogen and oxygen atoms in total. The second-order valence-corrected chi connectivity index (χ2v) is 12.1. The minimum absolute atomic E-state index is 0.0244. The normalized spacial score (nSPS) is 19.1. The summed E-state index contributed by atoms with van der Waals surface area (Å²) in [7, 11) is 1.19. The minimum atomic E-state index is -4.58. The molecular formula is C26H32F5N5O3S. The van der Waals surface area contributed by atoms with Gasteiger partial charge in [-0.2, -0.15) is 13.2 Å². The summed E-state index contributed by atoms with van der Waals surface area (Å²) in [6.07, 6.45) is -5.18. The zero-order chi connectivity index (χ0) is 29.6. The number of hydrogen-bond donors (Lipinski definition) is 2. The maximum absolute atomic E-state index is 14.4. The average Bonchev–Trinajstić information content (AvgIpc) is 3.46. The number of thiazole rings is 1. The number of likely N-dealkylation sites (tertiary alicyclic amines) is 1. The number of nitrogens with zero attached hydrogens (tertiary/aromatic N) is 4. The molecule has 220 valence electrons. The first-order valence-corrected chi connectivity index (χ1v) is 13.8. The molecule has 0 bridgehead atoms. The number of amides is 2. The molecule has 2 amide bonds. The van der Waals surface area contributed by atoms with Crippen LogP contribution < -0.4 is 10.2 Å². The van der Waals surface area contributed by atoms with E-state index in [2.05, 4.69) is 15.3 Å². The highest BCUT2D eigenvalue weighted by molar-refractivity contribution is 7.17. The highest BCUT2D eigenvalue weighted by Gasteiger charge is 2.61. The molecule has 0 unspecified atom stereocenters. The first-order chi connectivity index (χ1) is 18.6. The van der Waals surface area contributed by atoms with Crippen molar-refractivity contribution in [1.82, 2.24) is 20.2 Å². The van der Waals surface area contributed by atoms with E-state index in [1.807, 2.05) is 6.92 Å². The van der Waals surface area contributed by atoms with Crippen molar-refractivity contribution in [3.05, 3.63) is 28.5 Å². The molecule has 2 N–H and O–H groups in total. The Kier molecular flexibility index (Phi) is 8.16. The Bertz CT molecular complexity index is 1270. The standard InChI is InChI=1S/C26H32F5N5O3S/c1-14-7-5-10-36(14)23(38)18-19(40-22(34-18)21(37)33-13-24(2,3)39)16-12-32-17(11-15(16)20(27)28)35(4)25(8-6-9-25)26(29,30)31/h11-12,14,20,39H,5-10,13H2,1-4H3,(H,33,37)/t14-/m0/s1. The Morgan fingerprint density at radius 3 is 2.45 bits per heavy atom. The van der Waals surface area contributed by atoms with E-state index in [9.17, 15) is 36.6 Å². The minimum Gasteiger partial charge on any atom is -0.389 e. The lowest BCUT2D eigenvalue weighted by molar-refractivity contribution is -0.207. The van der Waals surface area contributed by atoms with Crippen molar-refractivity contribution in [1.29, 1.82) is 0 Å². The topological polar surface area (TPSA) is 98.7 Å². The van der Waals surface area contributed by atoms with E-state index < -0.39 is 41.1 Å². The number of carbonyl (C=O) groups excluding carboxylic acids is 2. The van der Waals surface area contributed by atoms with Gasteiger partial charge in [-0.15, -0.1) is 11.3 Å². The number of pyridine rings is 1. The van der Waals surface area contributed by atoms with Crippen LogP contribution in [0.3, 0.4) is 0 Å². The van der Waals surface area contributed by atoms with Gasteiger partial charge in [0.2, 0.25) is 0 Å². The molecule has 2 fully saturated rings. The Balaban J connectivity index is 1.79. The third-order valence-corrected chi connectivity index (χ3v) is 8.70. The molecule has 2 aliphatic rings. The lowest BCUT2D eigenvalue weighted by atomic mass is 9.74. The fourth-order valence-electron chi connectivity index (χ4n) is 5.04. The lowest BCUT2D eigenvalue weighted by Crippen LogP contribution is -2.62. The third-order valence-electron chi connectivity index (χ3n) is 7.61. The molecule has 1 aliphatic heterocycles. The maximum atomic E-state index is 14.4. The molecule has 1 saturated carbocycles. The molecular weight excluding hydrogens is 557 g/mol. The highest BCUT2D eigenvalue weighted by Crippen LogP contribution is 2.50. The molecule has 40 heavy (non-hydrogen) atoms. The molecule has 2 aromatic rings. The van der Waals surface area contributed by atoms with Crippen molar-refractivity contribution >= 4 is 29.0 Å². The van der Waals surface area contributed by atoms with Crippen LogP contribution in [0.1, 0.15) is 85.2 Å². The summed E-state index contributed by atoms with van der Waals surface area (Å²) in [5.41, 5.74) is -4.44. The number of anilines is 1. The molecule has 14 heteroatoms. The zero-order valence-corrected chi connectivity index (χ0v) is 23.4. The first kappa shape index (κ1) is 30.1. The highest BCUT2D eigenvalue weighted by atomic mass is 32.1. The predicted molar refractivity (Wildman–Crippen MR) is 140 cm³/mol. The van der Waals surface area contributed by atoms with Crippen molar-refractivity contribution in [2.24, 2.45) is 0 Å². The quantitative estimate of drug-likeness (QED) is 0.412. The van der Waals surface area contributed by atoms with Gasteiger partial charge in [-0.3, -0.25) is 9.59 Å². The van der Waals surface area contributed by atoms with Crippen LogP contribution in [0.25, 0.3) is 10.4 Å². The number of aliphatic hydroxyl groups is 1. The maximum Gasteiger partial charge on any atom is 0.411 e. The average molecular weight is 590 g/mol. The second kappa shape index (κ2) is 10.8.